The Bertz CT molecular complexity index is 508. The van der Waals surface area contributed by atoms with E-state index in [1.165, 1.54) is 16.6 Å². The standard InChI is InChI=1S/C14H11BS/c1-2-4-14(5-3-1)15-8-6-12-10-16-11-13(12)7-9-15/h1-11H. The van der Waals surface area contributed by atoms with Crippen molar-refractivity contribution in [2.45, 2.75) is 0 Å². The summed E-state index contributed by atoms with van der Waals surface area (Å²) >= 11 is 1.76. The molecule has 1 aliphatic heterocycles. The first-order valence-corrected chi connectivity index (χ1v) is 6.35. The zero-order chi connectivity index (χ0) is 10.8. The Morgan fingerprint density at radius 1 is 0.812 bits per heavy atom. The average molecular weight is 222 g/mol. The molecule has 0 amide bonds. The van der Waals surface area contributed by atoms with Gasteiger partial charge in [-0.3, -0.25) is 0 Å². The van der Waals surface area contributed by atoms with Crippen LogP contribution >= 0.6 is 11.3 Å². The second kappa shape index (κ2) is 4.15. The zero-order valence-electron chi connectivity index (χ0n) is 8.84. The molecule has 0 saturated heterocycles. The van der Waals surface area contributed by atoms with Crippen molar-refractivity contribution in [2.75, 3.05) is 0 Å². The molecule has 0 nitrogen and oxygen atoms in total. The van der Waals surface area contributed by atoms with E-state index in [1.54, 1.807) is 11.3 Å². The molecule has 1 aliphatic rings. The third-order valence-electron chi connectivity index (χ3n) is 2.87. The second-order valence-corrected chi connectivity index (χ2v) is 4.68. The van der Waals surface area contributed by atoms with Crippen LogP contribution in [0.15, 0.2) is 53.0 Å². The molecule has 1 aromatic heterocycles. The van der Waals surface area contributed by atoms with Crippen molar-refractivity contribution >= 4 is 35.7 Å². The Kier molecular flexibility index (Phi) is 2.51. The summed E-state index contributed by atoms with van der Waals surface area (Å²) in [6, 6.07) is 10.6. The van der Waals surface area contributed by atoms with Gasteiger partial charge in [0.05, 0.1) is 0 Å². The summed E-state index contributed by atoms with van der Waals surface area (Å²) in [7, 11) is 0. The predicted octanol–water partition coefficient (Wildman–Crippen LogP) is 3.27. The van der Waals surface area contributed by atoms with E-state index < -0.39 is 0 Å². The number of hydrogen-bond acceptors (Lipinski definition) is 1. The SMILES string of the molecule is C1=Cc2cscc2C=CB1c1ccccc1. The van der Waals surface area contributed by atoms with Crippen molar-refractivity contribution in [3.05, 3.63) is 64.2 Å². The summed E-state index contributed by atoms with van der Waals surface area (Å²) < 4.78 is 0. The molecular formula is C14H11BS. The molecule has 0 radical (unpaired) electrons. The van der Waals surface area contributed by atoms with E-state index in [4.69, 9.17) is 0 Å². The van der Waals surface area contributed by atoms with E-state index in [-0.39, 0.29) is 0 Å². The topological polar surface area (TPSA) is 0 Å². The van der Waals surface area contributed by atoms with Gasteiger partial charge in [0, 0.05) is 0 Å². The Hall–Kier alpha value is -1.54. The highest BCUT2D eigenvalue weighted by Crippen LogP contribution is 2.20. The number of benzene rings is 1. The molecule has 0 aliphatic carbocycles. The summed E-state index contributed by atoms with van der Waals surface area (Å²) in [5.41, 5.74) is 4.02. The lowest BCUT2D eigenvalue weighted by Gasteiger charge is -2.02. The van der Waals surface area contributed by atoms with Gasteiger partial charge in [0.15, 0.2) is 0 Å². The van der Waals surface area contributed by atoms with Crippen LogP contribution in [0, 0.1) is 0 Å². The van der Waals surface area contributed by atoms with Crippen LogP contribution in [0.1, 0.15) is 11.1 Å². The maximum absolute atomic E-state index is 2.27. The van der Waals surface area contributed by atoms with Gasteiger partial charge in [-0.05, 0) is 21.9 Å². The smallest absolute Gasteiger partial charge is 0.151 e. The van der Waals surface area contributed by atoms with E-state index in [0.29, 0.717) is 6.71 Å². The average Bonchev–Trinajstić information content (AvgIpc) is 2.70. The fourth-order valence-electron chi connectivity index (χ4n) is 1.96. The van der Waals surface area contributed by atoms with E-state index >= 15 is 0 Å². The van der Waals surface area contributed by atoms with Gasteiger partial charge in [-0.25, -0.2) is 0 Å². The van der Waals surface area contributed by atoms with E-state index in [9.17, 15) is 0 Å². The molecule has 0 atom stereocenters. The van der Waals surface area contributed by atoms with E-state index in [1.807, 2.05) is 0 Å². The van der Waals surface area contributed by atoms with Crippen molar-refractivity contribution in [3.8, 4) is 0 Å². The minimum absolute atomic E-state index is 0.401. The van der Waals surface area contributed by atoms with Crippen LogP contribution in [-0.2, 0) is 0 Å². The number of rotatable bonds is 1. The highest BCUT2D eigenvalue weighted by atomic mass is 32.1. The van der Waals surface area contributed by atoms with Crippen molar-refractivity contribution in [2.24, 2.45) is 0 Å². The summed E-state index contributed by atoms with van der Waals surface area (Å²) in [6.07, 6.45) is 4.45. The van der Waals surface area contributed by atoms with Crippen molar-refractivity contribution in [1.82, 2.24) is 0 Å². The van der Waals surface area contributed by atoms with Gasteiger partial charge in [-0.1, -0.05) is 47.9 Å². The lowest BCUT2D eigenvalue weighted by atomic mass is 9.45. The molecule has 0 spiro atoms. The fraction of sp³-hybridized carbons (Fsp3) is 0. The monoisotopic (exact) mass is 222 g/mol. The van der Waals surface area contributed by atoms with E-state index in [0.717, 1.165) is 0 Å². The number of thiophene rings is 1. The first-order chi connectivity index (χ1) is 7.93. The lowest BCUT2D eigenvalue weighted by Crippen LogP contribution is -2.25. The maximum atomic E-state index is 2.27. The van der Waals surface area contributed by atoms with Crippen LogP contribution in [0.2, 0.25) is 0 Å². The van der Waals surface area contributed by atoms with Crippen molar-refractivity contribution in [3.63, 3.8) is 0 Å². The summed E-state index contributed by atoms with van der Waals surface area (Å²) in [6.45, 7) is 0.401. The largest absolute Gasteiger partial charge is 0.226 e. The molecule has 0 N–H and O–H groups in total. The second-order valence-electron chi connectivity index (χ2n) is 3.94. The predicted molar refractivity (Wildman–Crippen MR) is 74.2 cm³/mol. The van der Waals surface area contributed by atoms with Gasteiger partial charge in [-0.15, -0.1) is 12.0 Å². The molecule has 0 bridgehead atoms. The molecule has 2 heterocycles. The lowest BCUT2D eigenvalue weighted by molar-refractivity contribution is 1.76. The molecule has 16 heavy (non-hydrogen) atoms. The van der Waals surface area contributed by atoms with Crippen molar-refractivity contribution in [1.29, 1.82) is 0 Å². The molecule has 2 heteroatoms. The van der Waals surface area contributed by atoms with Gasteiger partial charge in [0.1, 0.15) is 0 Å². The molecule has 3 rings (SSSR count). The Morgan fingerprint density at radius 2 is 1.44 bits per heavy atom. The van der Waals surface area contributed by atoms with Crippen LogP contribution < -0.4 is 5.46 Å². The fourth-order valence-corrected chi connectivity index (χ4v) is 2.75. The van der Waals surface area contributed by atoms with Crippen LogP contribution in [0.3, 0.4) is 0 Å². The Morgan fingerprint density at radius 3 is 2.06 bits per heavy atom. The molecule has 76 valence electrons. The molecule has 2 aromatic rings. The molecule has 1 aromatic carbocycles. The van der Waals surface area contributed by atoms with Crippen LogP contribution in [0.4, 0.5) is 0 Å². The van der Waals surface area contributed by atoms with Crippen molar-refractivity contribution < 1.29 is 0 Å². The Labute approximate surface area is 100 Å². The molecule has 0 fully saturated rings. The van der Waals surface area contributed by atoms with Gasteiger partial charge in [0.2, 0.25) is 6.71 Å². The molecule has 0 saturated carbocycles. The van der Waals surface area contributed by atoms with Crippen LogP contribution in [-0.4, -0.2) is 6.71 Å². The summed E-state index contributed by atoms with van der Waals surface area (Å²) in [5, 5.41) is 4.40. The third-order valence-corrected chi connectivity index (χ3v) is 3.65. The normalized spacial score (nSPS) is 13.6. The summed E-state index contributed by atoms with van der Waals surface area (Å²) in [5.74, 6) is 4.54. The summed E-state index contributed by atoms with van der Waals surface area (Å²) in [4.78, 5) is 0. The molecular weight excluding hydrogens is 211 g/mol. The van der Waals surface area contributed by atoms with E-state index in [2.05, 4.69) is 65.2 Å². The minimum atomic E-state index is 0.401. The van der Waals surface area contributed by atoms with Gasteiger partial charge in [-0.2, -0.15) is 11.3 Å². The van der Waals surface area contributed by atoms with Gasteiger partial charge in [0.25, 0.3) is 0 Å². The number of hydrogen-bond donors (Lipinski definition) is 0. The maximum Gasteiger partial charge on any atom is 0.226 e. The Balaban J connectivity index is 1.98. The first kappa shape index (κ1) is 9.67. The van der Waals surface area contributed by atoms with Crippen LogP contribution in [0.25, 0.3) is 12.2 Å². The highest BCUT2D eigenvalue weighted by molar-refractivity contribution is 7.08. The van der Waals surface area contributed by atoms with Gasteiger partial charge >= 0.3 is 0 Å². The van der Waals surface area contributed by atoms with Gasteiger partial charge < -0.3 is 0 Å². The first-order valence-electron chi connectivity index (χ1n) is 5.41. The molecule has 0 unspecified atom stereocenters. The minimum Gasteiger partial charge on any atom is -0.151 e. The quantitative estimate of drug-likeness (QED) is 0.649. The highest BCUT2D eigenvalue weighted by Gasteiger charge is 2.11. The zero-order valence-corrected chi connectivity index (χ0v) is 9.65. The third kappa shape index (κ3) is 1.77. The number of fused-ring (bicyclic) bond motifs is 1. The van der Waals surface area contributed by atoms with Crippen LogP contribution in [0.5, 0.6) is 0 Å².